The summed E-state index contributed by atoms with van der Waals surface area (Å²) in [5.74, 6) is 0.110. The van der Waals surface area contributed by atoms with Crippen LogP contribution in [0.2, 0.25) is 0 Å². The maximum absolute atomic E-state index is 11.7. The van der Waals surface area contributed by atoms with Crippen molar-refractivity contribution in [1.29, 1.82) is 15.8 Å². The van der Waals surface area contributed by atoms with Crippen molar-refractivity contribution >= 4 is 151 Å². The maximum atomic E-state index is 11.7. The third-order valence-corrected chi connectivity index (χ3v) is 16.4. The zero-order valence-electron chi connectivity index (χ0n) is 57.5. The molecule has 10 aromatic rings. The van der Waals surface area contributed by atoms with Crippen molar-refractivity contribution in [2.24, 2.45) is 38.1 Å². The molecule has 0 saturated carbocycles. The number of anilines is 5. The summed E-state index contributed by atoms with van der Waals surface area (Å²) >= 11 is 17.9. The number of para-hydroxylation sites is 6. The van der Waals surface area contributed by atoms with Crippen LogP contribution in [0.3, 0.4) is 0 Å². The van der Waals surface area contributed by atoms with Crippen molar-refractivity contribution in [1.82, 2.24) is 50.5 Å². The lowest BCUT2D eigenvalue weighted by molar-refractivity contribution is -0.120. The second-order valence-electron chi connectivity index (χ2n) is 21.2. The van der Waals surface area contributed by atoms with Crippen molar-refractivity contribution in [3.05, 3.63) is 313 Å². The van der Waals surface area contributed by atoms with Crippen molar-refractivity contribution in [2.75, 3.05) is 27.0 Å². The Morgan fingerprint density at radius 1 is 0.560 bits per heavy atom. The first-order chi connectivity index (χ1) is 53.2. The SMILES string of the molecule is N#C/C(=C1\Nc2ccccc2S1)c1ncccn1.N#C/C(C(=S)Nc1ccccc1)=C1\N=CC=CN1.N#CCc1ncccn1.NC(=O)/C(=C1\Nc2ccccc2S1)c1ncccn1.NC(=O)C(C(=S)Nc1ccccc1)C1N=CC=CN1.NC(=O)Cc1ncccn1.Nc1ccccc1.S=C=Nc1ccccc1. The molecule has 2 unspecified atom stereocenters. The van der Waals surface area contributed by atoms with E-state index < -0.39 is 29.8 Å². The van der Waals surface area contributed by atoms with E-state index in [1.807, 2.05) is 176 Å². The molecule has 109 heavy (non-hydrogen) atoms. The number of nitrogens with zero attached hydrogens (tertiary/aromatic N) is 14. The molecule has 4 aliphatic rings. The number of hydrogen-bond acceptors (Lipinski definition) is 27. The number of aliphatic imine (C=N–C) groups is 3. The first-order valence-corrected chi connectivity index (χ1v) is 35.0. The number of fused-ring (bicyclic) bond motifs is 2. The molecule has 4 aromatic heterocycles. The van der Waals surface area contributed by atoms with Crippen LogP contribution in [-0.4, -0.2) is 91.3 Å². The molecule has 3 amide bonds. The Morgan fingerprint density at radius 3 is 1.50 bits per heavy atom. The Kier molecular flexibility index (Phi) is 35.1. The fourth-order valence-corrected chi connectivity index (χ4v) is 11.4. The zero-order chi connectivity index (χ0) is 77.6. The van der Waals surface area contributed by atoms with Gasteiger partial charge in [-0.05, 0) is 128 Å². The fourth-order valence-electron chi connectivity index (χ4n) is 8.64. The summed E-state index contributed by atoms with van der Waals surface area (Å²) in [6, 6.07) is 66.6. The summed E-state index contributed by atoms with van der Waals surface area (Å²) in [5.41, 5.74) is 27.5. The number of nitriles is 3. The number of amides is 3. The number of nitrogen functional groups attached to an aromatic ring is 1. The normalized spacial score (nSPS) is 13.8. The van der Waals surface area contributed by atoms with Gasteiger partial charge < -0.3 is 54.8 Å². The number of nitrogens with one attached hydrogen (secondary N) is 6. The highest BCUT2D eigenvalue weighted by molar-refractivity contribution is 8.04. The Morgan fingerprint density at radius 2 is 1.05 bits per heavy atom. The molecule has 14 N–H and O–H groups in total. The Hall–Kier alpha value is -14.2. The molecule has 2 atom stereocenters. The highest BCUT2D eigenvalue weighted by atomic mass is 32.2. The van der Waals surface area contributed by atoms with Crippen LogP contribution in [0.4, 0.5) is 34.1 Å². The summed E-state index contributed by atoms with van der Waals surface area (Å²) in [7, 11) is 0. The molecule has 542 valence electrons. The van der Waals surface area contributed by atoms with E-state index in [1.54, 1.807) is 111 Å². The molecule has 0 aliphatic carbocycles. The molecule has 4 aliphatic heterocycles. The highest BCUT2D eigenvalue weighted by Gasteiger charge is 2.31. The first kappa shape index (κ1) is 82.1. The van der Waals surface area contributed by atoms with Gasteiger partial charge in [0.1, 0.15) is 57.6 Å². The molecule has 0 bridgehead atoms. The smallest absolute Gasteiger partial charge is 0.255 e. The highest BCUT2D eigenvalue weighted by Crippen LogP contribution is 2.44. The van der Waals surface area contributed by atoms with Crippen LogP contribution in [-0.2, 0) is 27.2 Å². The number of carbonyl (C=O) groups is 3. The van der Waals surface area contributed by atoms with E-state index in [0.717, 1.165) is 48.9 Å². The number of thiocarbonyl (C=S) groups is 3. The van der Waals surface area contributed by atoms with Crippen LogP contribution >= 0.6 is 60.2 Å². The van der Waals surface area contributed by atoms with Crippen LogP contribution < -0.4 is 54.8 Å². The molecular weight excluding hydrogens is 1470 g/mol. The molecule has 6 aromatic carbocycles. The summed E-state index contributed by atoms with van der Waals surface area (Å²) in [4.78, 5) is 80.1. The van der Waals surface area contributed by atoms with Crippen molar-refractivity contribution < 1.29 is 14.4 Å². The summed E-state index contributed by atoms with van der Waals surface area (Å²) < 4.78 is 0. The molecule has 8 heterocycles. The second-order valence-corrected chi connectivity index (χ2v) is 24.3. The van der Waals surface area contributed by atoms with Gasteiger partial charge in [0.25, 0.3) is 5.91 Å². The van der Waals surface area contributed by atoms with E-state index in [4.69, 9.17) is 57.9 Å². The monoisotopic (exact) mass is 1530 g/mol. The third-order valence-electron chi connectivity index (χ3n) is 13.5. The van der Waals surface area contributed by atoms with E-state index in [1.165, 1.54) is 23.5 Å². The lowest BCUT2D eigenvalue weighted by Crippen LogP contribution is -2.46. The minimum absolute atomic E-state index is 0.112. The first-order valence-electron chi connectivity index (χ1n) is 32.2. The lowest BCUT2D eigenvalue weighted by Gasteiger charge is -2.24. The predicted octanol–water partition coefficient (Wildman–Crippen LogP) is 11.9. The molecule has 0 saturated heterocycles. The van der Waals surface area contributed by atoms with Crippen LogP contribution in [0.15, 0.2) is 314 Å². The number of carbonyl (C=O) groups excluding carboxylic acids is 3. The van der Waals surface area contributed by atoms with Gasteiger partial charge in [0.15, 0.2) is 17.5 Å². The topological polar surface area (TPSA) is 439 Å². The average molecular weight is 1540 g/mol. The molecular formula is C77H66N24O3S5. The number of allylic oxidation sites excluding steroid dienone is 3. The van der Waals surface area contributed by atoms with E-state index in [-0.39, 0.29) is 6.42 Å². The van der Waals surface area contributed by atoms with Crippen LogP contribution in [0.5, 0.6) is 0 Å². The largest absolute Gasteiger partial charge is 0.399 e. The number of hydrogen-bond donors (Lipinski definition) is 10. The molecule has 27 nitrogen and oxygen atoms in total. The van der Waals surface area contributed by atoms with Crippen LogP contribution in [0.1, 0.15) is 23.3 Å². The van der Waals surface area contributed by atoms with Gasteiger partial charge in [-0.25, -0.2) is 44.9 Å². The number of aromatic nitrogens is 8. The number of nitrogens with two attached hydrogens (primary N) is 4. The zero-order valence-corrected chi connectivity index (χ0v) is 61.5. The van der Waals surface area contributed by atoms with E-state index in [0.29, 0.717) is 67.3 Å². The fraction of sp³-hybridized carbons (Fsp3) is 0.0519. The number of benzene rings is 6. The average Bonchev–Trinajstić information content (AvgIpc) is 1.69. The Bertz CT molecular complexity index is 5010. The molecule has 14 rings (SSSR count). The van der Waals surface area contributed by atoms with Crippen molar-refractivity contribution in [3.8, 4) is 18.2 Å². The molecule has 0 fully saturated rings. The van der Waals surface area contributed by atoms with Gasteiger partial charge in [-0.1, -0.05) is 145 Å². The Labute approximate surface area is 652 Å². The third kappa shape index (κ3) is 28.8. The number of isothiocyanates is 1. The molecule has 32 heteroatoms. The van der Waals surface area contributed by atoms with E-state index in [9.17, 15) is 19.6 Å². The number of primary amides is 3. The summed E-state index contributed by atoms with van der Waals surface area (Å²) in [6.45, 7) is 0. The molecule has 0 radical (unpaired) electrons. The minimum atomic E-state index is -0.698. The van der Waals surface area contributed by atoms with Gasteiger partial charge in [-0.15, -0.1) is 0 Å². The van der Waals surface area contributed by atoms with E-state index in [2.05, 4.69) is 116 Å². The van der Waals surface area contributed by atoms with Gasteiger partial charge >= 0.3 is 0 Å². The van der Waals surface area contributed by atoms with Gasteiger partial charge in [0.05, 0.1) is 56.2 Å². The van der Waals surface area contributed by atoms with Gasteiger partial charge in [-0.3, -0.25) is 19.4 Å². The lowest BCUT2D eigenvalue weighted by atomic mass is 10.0. The van der Waals surface area contributed by atoms with Crippen molar-refractivity contribution in [3.63, 3.8) is 0 Å². The number of rotatable bonds is 13. The summed E-state index contributed by atoms with van der Waals surface area (Å²) in [6.07, 6.45) is 22.9. The van der Waals surface area contributed by atoms with Gasteiger partial charge in [0, 0.05) is 95.1 Å². The van der Waals surface area contributed by atoms with Crippen molar-refractivity contribution in [2.45, 2.75) is 28.8 Å². The van der Waals surface area contributed by atoms with Gasteiger partial charge in [0.2, 0.25) is 11.8 Å². The quantitative estimate of drug-likeness (QED) is 0.0168. The molecule has 0 spiro atoms. The van der Waals surface area contributed by atoms with Crippen LogP contribution in [0, 0.1) is 39.9 Å². The van der Waals surface area contributed by atoms with E-state index >= 15 is 0 Å². The second kappa shape index (κ2) is 46.5. The Balaban J connectivity index is 0.000000177. The van der Waals surface area contributed by atoms with Crippen LogP contribution in [0.25, 0.3) is 11.1 Å². The predicted molar refractivity (Wildman–Crippen MR) is 439 cm³/mol. The standard InChI is InChI=1S/C13H10N4OS.C13H14N4OS.C13H8N4S.C13H10N4S.C7H5NS.C6H7N3O.C6H5N3.C6H7N/c14-11(18)10(12-15-6-3-7-16-12)13-17-8-4-1-2-5-9(8)19-13;14-11(18)10(12-15-7-4-8-16-12)13(19)17-9-5-2-1-3-6-9;14-8-9(12-15-6-3-7-16-12)13-17-10-4-1-2-5-11(10)18-13;14-9-11(12-15-7-4-8-16-12)13(18)17-10-5-2-1-3-6-10;9-6-8-7-4-2-1-3-5-7;7-5(10)4-6-8-2-1-3-9-6;7-3-2-6-8-4-1-5-9-6;7-6-4-2-1-3-5-6/h1-7,17H,(H2,14,18);1-8,10,12,15H,(H2,14,18)(H,17,19);1-7,17H;1-8,15H,(H,17,18);1-5H;1-3H,4H2,(H2,7,10);1,4-5H,2H2;1-5H,7H2/b13-10-;;13-9-;12-11+;;;;. The number of thioether (sulfide) groups is 2. The van der Waals surface area contributed by atoms with Gasteiger partial charge in [-0.2, -0.15) is 20.8 Å². The minimum Gasteiger partial charge on any atom is -0.399 e. The summed E-state index contributed by atoms with van der Waals surface area (Å²) in [5, 5.41) is 48.6. The maximum Gasteiger partial charge on any atom is 0.255 e.